The molecule has 0 atom stereocenters. The Morgan fingerprint density at radius 3 is 1.78 bits per heavy atom. The monoisotopic (exact) mass is 415 g/mol. The third kappa shape index (κ3) is 3.55. The van der Waals surface area contributed by atoms with Gasteiger partial charge in [0.15, 0.2) is 0 Å². The Morgan fingerprint density at radius 1 is 0.625 bits per heavy atom. The summed E-state index contributed by atoms with van der Waals surface area (Å²) in [5.41, 5.74) is 16.8. The van der Waals surface area contributed by atoms with Gasteiger partial charge in [-0.3, -0.25) is 0 Å². The average molecular weight is 416 g/mol. The maximum atomic E-state index is 5.78. The standard InChI is InChI=1S/C27H21N5/c28-16-17-1-3-18(4-2-17)26-14-25-13-23-8-7-21(30-23)11-19-5-6-20(29-19)12-22-9-10-24(31-22)15-27(26)32-25/h1-15,30-31H,16,28H2. The lowest BCUT2D eigenvalue weighted by molar-refractivity contribution is 1.07. The van der Waals surface area contributed by atoms with E-state index in [0.29, 0.717) is 6.54 Å². The normalized spacial score (nSPS) is 12.7. The molecule has 0 fully saturated rings. The van der Waals surface area contributed by atoms with Crippen molar-refractivity contribution in [1.29, 1.82) is 0 Å². The zero-order chi connectivity index (χ0) is 21.5. The predicted molar refractivity (Wildman–Crippen MR) is 131 cm³/mol. The predicted octanol–water partition coefficient (Wildman–Crippen LogP) is 5.53. The van der Waals surface area contributed by atoms with Crippen LogP contribution in [0.15, 0.2) is 72.8 Å². The van der Waals surface area contributed by atoms with E-state index < -0.39 is 0 Å². The lowest BCUT2D eigenvalue weighted by Crippen LogP contribution is -1.96. The van der Waals surface area contributed by atoms with Gasteiger partial charge in [-0.2, -0.15) is 0 Å². The second-order valence-corrected chi connectivity index (χ2v) is 7.99. The Balaban J connectivity index is 1.60. The molecule has 0 saturated carbocycles. The van der Waals surface area contributed by atoms with Gasteiger partial charge in [0.1, 0.15) is 0 Å². The second kappa shape index (κ2) is 7.48. The zero-order valence-corrected chi connectivity index (χ0v) is 17.3. The number of nitrogens with one attached hydrogen (secondary N) is 2. The molecule has 8 bridgehead atoms. The minimum absolute atomic E-state index is 0.533. The molecule has 5 heteroatoms. The van der Waals surface area contributed by atoms with Crippen molar-refractivity contribution in [2.45, 2.75) is 6.54 Å². The van der Waals surface area contributed by atoms with Crippen molar-refractivity contribution in [2.24, 2.45) is 5.73 Å². The largest absolute Gasteiger partial charge is 0.355 e. The molecule has 6 rings (SSSR count). The average Bonchev–Trinajstić information content (AvgIpc) is 3.59. The highest BCUT2D eigenvalue weighted by molar-refractivity contribution is 5.93. The number of nitrogens with two attached hydrogens (primary N) is 1. The first-order valence-corrected chi connectivity index (χ1v) is 10.6. The van der Waals surface area contributed by atoms with Gasteiger partial charge in [0.05, 0.1) is 22.8 Å². The summed E-state index contributed by atoms with van der Waals surface area (Å²) >= 11 is 0. The third-order valence-electron chi connectivity index (χ3n) is 5.67. The molecule has 0 aliphatic carbocycles. The van der Waals surface area contributed by atoms with Crippen molar-refractivity contribution in [3.05, 3.63) is 107 Å². The molecule has 2 aliphatic heterocycles. The highest BCUT2D eigenvalue weighted by Gasteiger charge is 2.13. The number of aromatic amines is 2. The number of H-pyrrole nitrogens is 2. The number of hydrogen-bond donors (Lipinski definition) is 3. The van der Waals surface area contributed by atoms with Crippen LogP contribution in [0.2, 0.25) is 0 Å². The van der Waals surface area contributed by atoms with Gasteiger partial charge in [0.2, 0.25) is 0 Å². The second-order valence-electron chi connectivity index (χ2n) is 7.99. The first-order valence-electron chi connectivity index (χ1n) is 10.6. The smallest absolute Gasteiger partial charge is 0.0736 e. The minimum atomic E-state index is 0.533. The SMILES string of the molecule is NCc1ccc(C2=Cc3cc4ccc(cc5nc(cc6ccc(cc2n3)[nH]6)C=C5)[nH]4)cc1. The van der Waals surface area contributed by atoms with Crippen LogP contribution in [0.4, 0.5) is 0 Å². The van der Waals surface area contributed by atoms with Crippen molar-refractivity contribution < 1.29 is 0 Å². The number of nitrogens with zero attached hydrogens (tertiary/aromatic N) is 2. The van der Waals surface area contributed by atoms with E-state index in [1.807, 2.05) is 24.3 Å². The molecule has 3 aromatic heterocycles. The molecular weight excluding hydrogens is 394 g/mol. The van der Waals surface area contributed by atoms with E-state index in [1.165, 1.54) is 0 Å². The van der Waals surface area contributed by atoms with Crippen LogP contribution < -0.4 is 5.73 Å². The molecule has 4 N–H and O–H groups in total. The van der Waals surface area contributed by atoms with Crippen molar-refractivity contribution in [3.63, 3.8) is 0 Å². The van der Waals surface area contributed by atoms with E-state index in [0.717, 1.165) is 61.5 Å². The van der Waals surface area contributed by atoms with E-state index >= 15 is 0 Å². The van der Waals surface area contributed by atoms with Crippen LogP contribution >= 0.6 is 0 Å². The van der Waals surface area contributed by atoms with Crippen molar-refractivity contribution in [3.8, 4) is 0 Å². The first-order chi connectivity index (χ1) is 15.7. The minimum Gasteiger partial charge on any atom is -0.355 e. The van der Waals surface area contributed by atoms with Crippen LogP contribution in [0.5, 0.6) is 0 Å². The molecule has 1 aromatic carbocycles. The maximum absolute atomic E-state index is 5.78. The van der Waals surface area contributed by atoms with Crippen LogP contribution in [0.3, 0.4) is 0 Å². The van der Waals surface area contributed by atoms with Crippen LogP contribution in [0.25, 0.3) is 45.9 Å². The summed E-state index contributed by atoms with van der Waals surface area (Å²) in [4.78, 5) is 16.5. The Morgan fingerprint density at radius 2 is 1.19 bits per heavy atom. The molecule has 154 valence electrons. The Kier molecular flexibility index (Phi) is 4.33. The fraction of sp³-hybridized carbons (Fsp3) is 0.0370. The fourth-order valence-electron chi connectivity index (χ4n) is 4.07. The van der Waals surface area contributed by atoms with Crippen LogP contribution in [-0.2, 0) is 6.54 Å². The van der Waals surface area contributed by atoms with Crippen LogP contribution in [0.1, 0.15) is 33.9 Å². The molecule has 32 heavy (non-hydrogen) atoms. The highest BCUT2D eigenvalue weighted by atomic mass is 14.8. The Bertz CT molecular complexity index is 1550. The summed E-state index contributed by atoms with van der Waals surface area (Å²) in [6, 6.07) is 24.8. The van der Waals surface area contributed by atoms with Gasteiger partial charge in [-0.05, 0) is 77.9 Å². The lowest BCUT2D eigenvalue weighted by Gasteiger charge is -2.03. The molecule has 0 amide bonds. The molecule has 4 aromatic rings. The number of hydrogen-bond acceptors (Lipinski definition) is 3. The van der Waals surface area contributed by atoms with E-state index in [2.05, 4.69) is 76.7 Å². The van der Waals surface area contributed by atoms with E-state index in [9.17, 15) is 0 Å². The van der Waals surface area contributed by atoms with Gasteiger partial charge in [-0.15, -0.1) is 0 Å². The molecule has 0 saturated heterocycles. The first kappa shape index (κ1) is 18.5. The number of aromatic nitrogens is 4. The van der Waals surface area contributed by atoms with Crippen molar-refractivity contribution >= 4 is 45.9 Å². The quantitative estimate of drug-likeness (QED) is 0.347. The third-order valence-corrected chi connectivity index (χ3v) is 5.67. The molecule has 2 aliphatic rings. The van der Waals surface area contributed by atoms with Crippen molar-refractivity contribution in [2.75, 3.05) is 0 Å². The maximum Gasteiger partial charge on any atom is 0.0736 e. The summed E-state index contributed by atoms with van der Waals surface area (Å²) in [6.45, 7) is 0.533. The molecule has 5 nitrogen and oxygen atoms in total. The van der Waals surface area contributed by atoms with Crippen LogP contribution in [-0.4, -0.2) is 19.9 Å². The van der Waals surface area contributed by atoms with Crippen molar-refractivity contribution in [1.82, 2.24) is 19.9 Å². The number of fused-ring (bicyclic) bond motifs is 8. The summed E-state index contributed by atoms with van der Waals surface area (Å²) < 4.78 is 0. The summed E-state index contributed by atoms with van der Waals surface area (Å²) in [6.07, 6.45) is 6.18. The molecule has 0 unspecified atom stereocenters. The van der Waals surface area contributed by atoms with Gasteiger partial charge in [0.25, 0.3) is 0 Å². The van der Waals surface area contributed by atoms with E-state index in [4.69, 9.17) is 15.7 Å². The summed E-state index contributed by atoms with van der Waals surface area (Å²) in [7, 11) is 0. The Hall–Kier alpha value is -4.22. The van der Waals surface area contributed by atoms with Gasteiger partial charge in [-0.25, -0.2) is 9.97 Å². The van der Waals surface area contributed by atoms with Gasteiger partial charge in [-0.1, -0.05) is 24.3 Å². The number of rotatable bonds is 2. The van der Waals surface area contributed by atoms with Gasteiger partial charge < -0.3 is 15.7 Å². The molecule has 0 radical (unpaired) electrons. The summed E-state index contributed by atoms with van der Waals surface area (Å²) in [5, 5.41) is 0. The molecular formula is C27H21N5. The van der Waals surface area contributed by atoms with E-state index in [-0.39, 0.29) is 0 Å². The lowest BCUT2D eigenvalue weighted by atomic mass is 10.0. The Labute approximate surface area is 185 Å². The summed E-state index contributed by atoms with van der Waals surface area (Å²) in [5.74, 6) is 0. The fourth-order valence-corrected chi connectivity index (χ4v) is 4.07. The topological polar surface area (TPSA) is 83.4 Å². The zero-order valence-electron chi connectivity index (χ0n) is 17.3. The number of benzene rings is 1. The molecule has 5 heterocycles. The molecule has 0 spiro atoms. The van der Waals surface area contributed by atoms with Gasteiger partial charge >= 0.3 is 0 Å². The highest BCUT2D eigenvalue weighted by Crippen LogP contribution is 2.29. The van der Waals surface area contributed by atoms with Crippen LogP contribution in [0, 0.1) is 0 Å². The van der Waals surface area contributed by atoms with Gasteiger partial charge in [0, 0.05) is 34.2 Å². The van der Waals surface area contributed by atoms with E-state index in [1.54, 1.807) is 0 Å².